The highest BCUT2D eigenvalue weighted by atomic mass is 16.4. The van der Waals surface area contributed by atoms with E-state index in [9.17, 15) is 14.4 Å². The maximum atomic E-state index is 12.2. The first-order chi connectivity index (χ1) is 10.5. The van der Waals surface area contributed by atoms with Crippen LogP contribution in [0.1, 0.15) is 40.5 Å². The molecule has 116 valence electrons. The number of benzene rings is 1. The number of hydrogen-bond donors (Lipinski definition) is 2. The Morgan fingerprint density at radius 2 is 2.00 bits per heavy atom. The monoisotopic (exact) mass is 302 g/mol. The summed E-state index contributed by atoms with van der Waals surface area (Å²) in [4.78, 5) is 37.0. The molecule has 0 radical (unpaired) electrons. The SMILES string of the molecule is CC1CC1N1CC(NC(=O)c2cccc(C(=O)O)c2)CC1=O. The van der Waals surface area contributed by atoms with Crippen LogP contribution in [0.4, 0.5) is 0 Å². The highest BCUT2D eigenvalue weighted by Gasteiger charge is 2.44. The number of carboxylic acid groups (broad SMARTS) is 1. The average molecular weight is 302 g/mol. The Hall–Kier alpha value is -2.37. The largest absolute Gasteiger partial charge is 0.478 e. The molecular formula is C16H18N2O4. The summed E-state index contributed by atoms with van der Waals surface area (Å²) in [6.45, 7) is 2.65. The predicted octanol–water partition coefficient (Wildman–Crippen LogP) is 1.12. The molecule has 6 heteroatoms. The van der Waals surface area contributed by atoms with Gasteiger partial charge in [0.15, 0.2) is 0 Å². The molecule has 1 aromatic rings. The van der Waals surface area contributed by atoms with Crippen molar-refractivity contribution in [2.75, 3.05) is 6.54 Å². The standard InChI is InChI=1S/C16H18N2O4/c1-9-5-13(9)18-8-12(7-14(18)19)17-15(20)10-3-2-4-11(6-10)16(21)22/h2-4,6,9,12-13H,5,7-8H2,1H3,(H,17,20)(H,21,22). The summed E-state index contributed by atoms with van der Waals surface area (Å²) in [7, 11) is 0. The van der Waals surface area contributed by atoms with Gasteiger partial charge in [-0.15, -0.1) is 0 Å². The van der Waals surface area contributed by atoms with Crippen molar-refractivity contribution < 1.29 is 19.5 Å². The molecule has 0 aromatic heterocycles. The smallest absolute Gasteiger partial charge is 0.335 e. The normalized spacial score (nSPS) is 26.9. The number of carbonyl (C=O) groups is 3. The lowest BCUT2D eigenvalue weighted by molar-refractivity contribution is -0.128. The molecule has 22 heavy (non-hydrogen) atoms. The number of nitrogens with one attached hydrogen (secondary N) is 1. The van der Waals surface area contributed by atoms with Crippen molar-refractivity contribution in [1.82, 2.24) is 10.2 Å². The topological polar surface area (TPSA) is 86.7 Å². The summed E-state index contributed by atoms with van der Waals surface area (Å²) in [5.74, 6) is -0.782. The molecule has 1 heterocycles. The number of carboxylic acids is 1. The number of nitrogens with zero attached hydrogens (tertiary/aromatic N) is 1. The van der Waals surface area contributed by atoms with E-state index >= 15 is 0 Å². The van der Waals surface area contributed by atoms with E-state index in [2.05, 4.69) is 12.2 Å². The lowest BCUT2D eigenvalue weighted by Gasteiger charge is -2.17. The lowest BCUT2D eigenvalue weighted by Crippen LogP contribution is -2.37. The molecule has 0 spiro atoms. The third kappa shape index (κ3) is 2.81. The Labute approximate surface area is 128 Å². The van der Waals surface area contributed by atoms with E-state index < -0.39 is 5.97 Å². The van der Waals surface area contributed by atoms with Gasteiger partial charge in [-0.05, 0) is 30.5 Å². The summed E-state index contributed by atoms with van der Waals surface area (Å²) in [5, 5.41) is 11.8. The van der Waals surface area contributed by atoms with Crippen LogP contribution in [-0.2, 0) is 4.79 Å². The van der Waals surface area contributed by atoms with Gasteiger partial charge >= 0.3 is 5.97 Å². The first kappa shape index (κ1) is 14.6. The fourth-order valence-corrected chi connectivity index (χ4v) is 2.95. The molecule has 3 unspecified atom stereocenters. The van der Waals surface area contributed by atoms with Crippen LogP contribution >= 0.6 is 0 Å². The van der Waals surface area contributed by atoms with Crippen LogP contribution in [0.15, 0.2) is 24.3 Å². The molecule has 6 nitrogen and oxygen atoms in total. The first-order valence-electron chi connectivity index (χ1n) is 7.39. The predicted molar refractivity (Wildman–Crippen MR) is 78.6 cm³/mol. The van der Waals surface area contributed by atoms with Crippen molar-refractivity contribution in [3.63, 3.8) is 0 Å². The van der Waals surface area contributed by atoms with Gasteiger partial charge in [-0.25, -0.2) is 4.79 Å². The van der Waals surface area contributed by atoms with E-state index in [4.69, 9.17) is 5.11 Å². The van der Waals surface area contributed by atoms with E-state index in [0.717, 1.165) is 6.42 Å². The molecule has 1 aliphatic heterocycles. The molecule has 2 fully saturated rings. The Balaban J connectivity index is 1.64. The van der Waals surface area contributed by atoms with Crippen molar-refractivity contribution >= 4 is 17.8 Å². The second-order valence-corrected chi connectivity index (χ2v) is 6.09. The molecule has 1 aromatic carbocycles. The van der Waals surface area contributed by atoms with Crippen LogP contribution in [0.2, 0.25) is 0 Å². The zero-order valence-corrected chi connectivity index (χ0v) is 12.3. The Morgan fingerprint density at radius 1 is 1.32 bits per heavy atom. The third-order valence-electron chi connectivity index (χ3n) is 4.33. The lowest BCUT2D eigenvalue weighted by atomic mass is 10.1. The highest BCUT2D eigenvalue weighted by Crippen LogP contribution is 2.37. The van der Waals surface area contributed by atoms with Gasteiger partial charge in [0.2, 0.25) is 5.91 Å². The van der Waals surface area contributed by atoms with E-state index in [1.54, 1.807) is 6.07 Å². The van der Waals surface area contributed by atoms with E-state index in [0.29, 0.717) is 30.5 Å². The molecule has 0 bridgehead atoms. The summed E-state index contributed by atoms with van der Waals surface area (Å²) >= 11 is 0. The van der Waals surface area contributed by atoms with Gasteiger partial charge in [0.1, 0.15) is 0 Å². The van der Waals surface area contributed by atoms with Gasteiger partial charge in [0.05, 0.1) is 11.6 Å². The van der Waals surface area contributed by atoms with Crippen LogP contribution in [0.3, 0.4) is 0 Å². The van der Waals surface area contributed by atoms with Crippen molar-refractivity contribution in [3.8, 4) is 0 Å². The van der Waals surface area contributed by atoms with Crippen LogP contribution in [0.5, 0.6) is 0 Å². The molecule has 1 saturated carbocycles. The Morgan fingerprint density at radius 3 is 2.64 bits per heavy atom. The van der Waals surface area contributed by atoms with Crippen LogP contribution in [0.25, 0.3) is 0 Å². The van der Waals surface area contributed by atoms with Gasteiger partial charge in [-0.1, -0.05) is 13.0 Å². The van der Waals surface area contributed by atoms with Gasteiger partial charge in [-0.2, -0.15) is 0 Å². The van der Waals surface area contributed by atoms with E-state index in [1.807, 2.05) is 4.90 Å². The van der Waals surface area contributed by atoms with Gasteiger partial charge < -0.3 is 15.3 Å². The van der Waals surface area contributed by atoms with Crippen LogP contribution in [0, 0.1) is 5.92 Å². The van der Waals surface area contributed by atoms with Crippen LogP contribution < -0.4 is 5.32 Å². The Bertz CT molecular complexity index is 643. The Kier molecular flexibility index (Phi) is 3.60. The average Bonchev–Trinajstić information content (AvgIpc) is 3.09. The number of likely N-dealkylation sites (tertiary alicyclic amines) is 1. The summed E-state index contributed by atoms with van der Waals surface area (Å²) in [6, 6.07) is 6.00. The van der Waals surface area contributed by atoms with Gasteiger partial charge in [0, 0.05) is 24.6 Å². The zero-order chi connectivity index (χ0) is 15.9. The van der Waals surface area contributed by atoms with E-state index in [1.165, 1.54) is 18.2 Å². The first-order valence-corrected chi connectivity index (χ1v) is 7.39. The van der Waals surface area contributed by atoms with Crippen molar-refractivity contribution in [2.24, 2.45) is 5.92 Å². The summed E-state index contributed by atoms with van der Waals surface area (Å²) in [5.41, 5.74) is 0.370. The molecular weight excluding hydrogens is 284 g/mol. The minimum Gasteiger partial charge on any atom is -0.478 e. The molecule has 3 atom stereocenters. The fourth-order valence-electron chi connectivity index (χ4n) is 2.95. The molecule has 2 N–H and O–H groups in total. The summed E-state index contributed by atoms with van der Waals surface area (Å²) in [6.07, 6.45) is 1.35. The second kappa shape index (κ2) is 5.44. The molecule has 2 amide bonds. The maximum absolute atomic E-state index is 12.2. The summed E-state index contributed by atoms with van der Waals surface area (Å²) < 4.78 is 0. The maximum Gasteiger partial charge on any atom is 0.335 e. The third-order valence-corrected chi connectivity index (χ3v) is 4.33. The van der Waals surface area contributed by atoms with Crippen molar-refractivity contribution in [2.45, 2.75) is 31.8 Å². The zero-order valence-electron chi connectivity index (χ0n) is 12.3. The highest BCUT2D eigenvalue weighted by molar-refractivity contribution is 5.98. The van der Waals surface area contributed by atoms with Crippen molar-refractivity contribution in [1.29, 1.82) is 0 Å². The van der Waals surface area contributed by atoms with Gasteiger partial charge in [0.25, 0.3) is 5.91 Å². The fraction of sp³-hybridized carbons (Fsp3) is 0.438. The molecule has 2 aliphatic rings. The minimum absolute atomic E-state index is 0.0728. The quantitative estimate of drug-likeness (QED) is 0.872. The molecule has 3 rings (SSSR count). The second-order valence-electron chi connectivity index (χ2n) is 6.09. The molecule has 1 saturated heterocycles. The number of carbonyl (C=O) groups excluding carboxylic acids is 2. The number of hydrogen-bond acceptors (Lipinski definition) is 3. The van der Waals surface area contributed by atoms with E-state index in [-0.39, 0.29) is 23.4 Å². The van der Waals surface area contributed by atoms with Crippen molar-refractivity contribution in [3.05, 3.63) is 35.4 Å². The number of amides is 2. The number of rotatable bonds is 4. The number of aromatic carboxylic acids is 1. The van der Waals surface area contributed by atoms with Gasteiger partial charge in [-0.3, -0.25) is 9.59 Å². The van der Waals surface area contributed by atoms with Crippen LogP contribution in [-0.4, -0.2) is 46.4 Å². The molecule has 1 aliphatic carbocycles. The minimum atomic E-state index is -1.07.